The molecule has 0 aliphatic carbocycles. The van der Waals surface area contributed by atoms with Gasteiger partial charge in [-0.1, -0.05) is 13.8 Å². The Morgan fingerprint density at radius 1 is 1.13 bits per heavy atom. The largest absolute Gasteiger partial charge is 0.481 e. The van der Waals surface area contributed by atoms with E-state index in [9.17, 15) is 24.0 Å². The van der Waals surface area contributed by atoms with Crippen LogP contribution in [-0.4, -0.2) is 81.2 Å². The molecule has 1 rings (SSSR count). The van der Waals surface area contributed by atoms with Crippen molar-refractivity contribution in [2.45, 2.75) is 63.7 Å². The Morgan fingerprint density at radius 2 is 1.77 bits per heavy atom. The van der Waals surface area contributed by atoms with Gasteiger partial charge in [0, 0.05) is 18.7 Å². The second kappa shape index (κ2) is 11.7. The topological polar surface area (TPSA) is 179 Å². The zero-order chi connectivity index (χ0) is 23.0. The normalized spacial score (nSPS) is 19.1. The molecule has 0 spiro atoms. The van der Waals surface area contributed by atoms with Gasteiger partial charge in [-0.05, 0) is 25.2 Å². The minimum atomic E-state index is -1.42. The van der Waals surface area contributed by atoms with Crippen LogP contribution in [0.3, 0.4) is 0 Å². The fourth-order valence-corrected chi connectivity index (χ4v) is 3.30. The maximum atomic E-state index is 12.7. The van der Waals surface area contributed by atoms with Gasteiger partial charge in [-0.15, -0.1) is 0 Å². The molecule has 170 valence electrons. The number of rotatable bonds is 11. The summed E-state index contributed by atoms with van der Waals surface area (Å²) in [4.78, 5) is 61.0. The van der Waals surface area contributed by atoms with Crippen molar-refractivity contribution in [3.63, 3.8) is 0 Å². The van der Waals surface area contributed by atoms with Gasteiger partial charge in [0.2, 0.25) is 17.7 Å². The summed E-state index contributed by atoms with van der Waals surface area (Å²) in [6.07, 6.45) is 0.286. The molecule has 30 heavy (non-hydrogen) atoms. The summed E-state index contributed by atoms with van der Waals surface area (Å²) in [6.45, 7) is 3.99. The lowest BCUT2D eigenvalue weighted by Crippen LogP contribution is -2.57. The molecule has 12 heteroatoms. The first-order valence-corrected chi connectivity index (χ1v) is 10.3. The number of carbonyl (C=O) groups is 5. The quantitative estimate of drug-likeness (QED) is 0.214. The predicted molar refractivity (Wildman–Crippen MR) is 110 cm³/mol. The fraction of sp³-hybridized carbons (Fsp3) is 0.722. The van der Waals surface area contributed by atoms with E-state index >= 15 is 0 Å². The van der Waals surface area contributed by atoms with Crippen LogP contribution in [0.25, 0.3) is 0 Å². The third-order valence-corrected chi connectivity index (χ3v) is 5.28. The van der Waals surface area contributed by atoms with Crippen LogP contribution in [0.1, 0.15) is 39.5 Å². The van der Waals surface area contributed by atoms with Crippen LogP contribution in [0.4, 0.5) is 0 Å². The highest BCUT2D eigenvalue weighted by Gasteiger charge is 2.38. The van der Waals surface area contributed by atoms with Crippen LogP contribution in [0.2, 0.25) is 0 Å². The number of hydrogen-bond acceptors (Lipinski definition) is 7. The summed E-state index contributed by atoms with van der Waals surface area (Å²) in [5.74, 6) is -4.49. The third-order valence-electron chi connectivity index (χ3n) is 4.92. The van der Waals surface area contributed by atoms with E-state index in [0.717, 1.165) is 0 Å². The minimum Gasteiger partial charge on any atom is -0.481 e. The number of carboxylic acid groups (broad SMARTS) is 2. The van der Waals surface area contributed by atoms with Crippen molar-refractivity contribution in [2.75, 3.05) is 12.3 Å². The third kappa shape index (κ3) is 7.17. The number of amides is 3. The molecule has 0 radical (unpaired) electrons. The number of carboxylic acids is 2. The molecule has 4 unspecified atom stereocenters. The maximum absolute atomic E-state index is 12.7. The van der Waals surface area contributed by atoms with Crippen LogP contribution >= 0.6 is 12.6 Å². The van der Waals surface area contributed by atoms with Gasteiger partial charge in [0.25, 0.3) is 0 Å². The van der Waals surface area contributed by atoms with Gasteiger partial charge >= 0.3 is 11.9 Å². The highest BCUT2D eigenvalue weighted by molar-refractivity contribution is 7.80. The Labute approximate surface area is 180 Å². The lowest BCUT2D eigenvalue weighted by Gasteiger charge is -2.29. The number of carbonyl (C=O) groups excluding carboxylic acids is 3. The molecular formula is C18H30N4O7S. The summed E-state index contributed by atoms with van der Waals surface area (Å²) in [6, 6.07) is -4.09. The average Bonchev–Trinajstić information content (AvgIpc) is 3.17. The van der Waals surface area contributed by atoms with E-state index in [1.165, 1.54) is 4.90 Å². The molecule has 1 saturated heterocycles. The zero-order valence-corrected chi connectivity index (χ0v) is 17.9. The summed E-state index contributed by atoms with van der Waals surface area (Å²) in [7, 11) is 0. The monoisotopic (exact) mass is 446 g/mol. The molecule has 0 aromatic rings. The molecule has 1 heterocycles. The molecule has 11 nitrogen and oxygen atoms in total. The first kappa shape index (κ1) is 25.7. The average molecular weight is 447 g/mol. The molecular weight excluding hydrogens is 416 g/mol. The van der Waals surface area contributed by atoms with Gasteiger partial charge in [0.15, 0.2) is 0 Å². The number of aliphatic carboxylic acids is 2. The van der Waals surface area contributed by atoms with Gasteiger partial charge in [0.05, 0.1) is 6.04 Å². The Kier molecular flexibility index (Phi) is 10.1. The van der Waals surface area contributed by atoms with Crippen molar-refractivity contribution < 1.29 is 34.2 Å². The second-order valence-corrected chi connectivity index (χ2v) is 7.90. The molecule has 0 aromatic carbocycles. The Bertz CT molecular complexity index is 673. The van der Waals surface area contributed by atoms with Gasteiger partial charge in [-0.25, -0.2) is 4.79 Å². The lowest BCUT2D eigenvalue weighted by molar-refractivity contribution is -0.144. The summed E-state index contributed by atoms with van der Waals surface area (Å²) < 4.78 is 0. The molecule has 1 aliphatic rings. The van der Waals surface area contributed by atoms with Crippen molar-refractivity contribution in [1.82, 2.24) is 15.5 Å². The van der Waals surface area contributed by atoms with E-state index < -0.39 is 54.3 Å². The number of likely N-dealkylation sites (tertiary alicyclic amines) is 1. The molecule has 1 fully saturated rings. The molecule has 0 saturated carbocycles. The number of nitrogens with one attached hydrogen (secondary N) is 2. The molecule has 3 amide bonds. The van der Waals surface area contributed by atoms with Gasteiger partial charge in [0.1, 0.15) is 18.1 Å². The first-order chi connectivity index (χ1) is 14.0. The van der Waals surface area contributed by atoms with Crippen LogP contribution in [0.5, 0.6) is 0 Å². The van der Waals surface area contributed by atoms with Crippen molar-refractivity contribution in [1.29, 1.82) is 0 Å². The lowest BCUT2D eigenvalue weighted by atomic mass is 10.0. The Balaban J connectivity index is 2.78. The SMILES string of the molecule is CC(C)C(N)C(=O)N1CCCC1C(=O)NC(CS)C(=O)NC(CCC(=O)O)C(=O)O. The summed E-state index contributed by atoms with van der Waals surface area (Å²) in [5, 5.41) is 22.6. The smallest absolute Gasteiger partial charge is 0.326 e. The fourth-order valence-electron chi connectivity index (χ4n) is 3.04. The van der Waals surface area contributed by atoms with Crippen LogP contribution < -0.4 is 16.4 Å². The van der Waals surface area contributed by atoms with E-state index in [1.54, 1.807) is 13.8 Å². The minimum absolute atomic E-state index is 0.100. The molecule has 6 N–H and O–H groups in total. The van der Waals surface area contributed by atoms with E-state index in [2.05, 4.69) is 23.3 Å². The first-order valence-electron chi connectivity index (χ1n) is 9.71. The highest BCUT2D eigenvalue weighted by Crippen LogP contribution is 2.20. The van der Waals surface area contributed by atoms with Crippen molar-refractivity contribution in [2.24, 2.45) is 11.7 Å². The molecule has 1 aliphatic heterocycles. The number of nitrogens with zero attached hydrogens (tertiary/aromatic N) is 1. The summed E-state index contributed by atoms with van der Waals surface area (Å²) in [5.41, 5.74) is 5.91. The predicted octanol–water partition coefficient (Wildman–Crippen LogP) is -1.19. The number of thiol groups is 1. The van der Waals surface area contributed by atoms with Crippen LogP contribution in [0.15, 0.2) is 0 Å². The van der Waals surface area contributed by atoms with E-state index in [0.29, 0.717) is 19.4 Å². The van der Waals surface area contributed by atoms with Gasteiger partial charge in [-0.3, -0.25) is 19.2 Å². The van der Waals surface area contributed by atoms with Crippen molar-refractivity contribution in [3.8, 4) is 0 Å². The van der Waals surface area contributed by atoms with Gasteiger partial charge < -0.3 is 31.5 Å². The molecule has 0 bridgehead atoms. The van der Waals surface area contributed by atoms with E-state index in [4.69, 9.17) is 15.9 Å². The highest BCUT2D eigenvalue weighted by atomic mass is 32.1. The standard InChI is InChI=1S/C18H30N4O7S/c1-9(2)14(19)17(27)22-7-3-4-12(22)16(26)21-11(8-30)15(25)20-10(18(28)29)5-6-13(23)24/h9-12,14,30H,3-8,19H2,1-2H3,(H,20,25)(H,21,26)(H,23,24)(H,28,29). The second-order valence-electron chi connectivity index (χ2n) is 7.54. The van der Waals surface area contributed by atoms with Crippen LogP contribution in [-0.2, 0) is 24.0 Å². The zero-order valence-electron chi connectivity index (χ0n) is 17.0. The summed E-state index contributed by atoms with van der Waals surface area (Å²) >= 11 is 4.04. The van der Waals surface area contributed by atoms with E-state index in [1.807, 2.05) is 0 Å². The van der Waals surface area contributed by atoms with Gasteiger partial charge in [-0.2, -0.15) is 12.6 Å². The van der Waals surface area contributed by atoms with Crippen molar-refractivity contribution in [3.05, 3.63) is 0 Å². The number of hydrogen-bond donors (Lipinski definition) is 6. The number of nitrogens with two attached hydrogens (primary N) is 1. The Hall–Kier alpha value is -2.34. The van der Waals surface area contributed by atoms with Crippen LogP contribution in [0, 0.1) is 5.92 Å². The Morgan fingerprint density at radius 3 is 2.27 bits per heavy atom. The molecule has 0 aromatic heterocycles. The van der Waals surface area contributed by atoms with Crippen molar-refractivity contribution >= 4 is 42.3 Å². The van der Waals surface area contributed by atoms with E-state index in [-0.39, 0.29) is 24.0 Å². The maximum Gasteiger partial charge on any atom is 0.326 e. The molecule has 4 atom stereocenters.